The molecule has 2 aliphatic rings. The van der Waals surface area contributed by atoms with Gasteiger partial charge >= 0.3 is 6.03 Å². The molecule has 2 unspecified atom stereocenters. The molecule has 1 aliphatic carbocycles. The summed E-state index contributed by atoms with van der Waals surface area (Å²) in [5.74, 6) is -0.615. The van der Waals surface area contributed by atoms with Gasteiger partial charge in [-0.25, -0.2) is 4.79 Å². The molecule has 130 valence electrons. The van der Waals surface area contributed by atoms with Crippen LogP contribution in [0.15, 0.2) is 0 Å². The highest BCUT2D eigenvalue weighted by atomic mass is 16.2. The monoisotopic (exact) mass is 333 g/mol. The molecule has 24 heavy (non-hydrogen) atoms. The van der Waals surface area contributed by atoms with E-state index in [2.05, 4.69) is 20.8 Å². The highest BCUT2D eigenvalue weighted by Crippen LogP contribution is 2.38. The van der Waals surface area contributed by atoms with E-state index in [4.69, 9.17) is 0 Å². The molecule has 4 amide bonds. The fourth-order valence-electron chi connectivity index (χ4n) is 3.70. The maximum absolute atomic E-state index is 12.8. The van der Waals surface area contributed by atoms with E-state index in [0.717, 1.165) is 29.9 Å². The van der Waals surface area contributed by atoms with Crippen molar-refractivity contribution in [2.75, 3.05) is 11.9 Å². The van der Waals surface area contributed by atoms with Crippen LogP contribution in [0.2, 0.25) is 0 Å². The van der Waals surface area contributed by atoms with Gasteiger partial charge in [-0.1, -0.05) is 19.8 Å². The second-order valence-corrected chi connectivity index (χ2v) is 6.80. The lowest BCUT2D eigenvalue weighted by atomic mass is 9.73. The topological polar surface area (TPSA) is 107 Å². The molecule has 2 atom stereocenters. The number of carbonyl (C=O) groups is 3. The summed E-state index contributed by atoms with van der Waals surface area (Å²) in [6.07, 6.45) is 3.51. The Morgan fingerprint density at radius 1 is 1.38 bits per heavy atom. The average Bonchev–Trinajstić information content (AvgIpc) is 2.97. The molecule has 1 aromatic rings. The highest BCUT2D eigenvalue weighted by molar-refractivity contribution is 6.10. The summed E-state index contributed by atoms with van der Waals surface area (Å²) in [6.45, 7) is 5.26. The third-order valence-corrected chi connectivity index (χ3v) is 5.20. The highest BCUT2D eigenvalue weighted by Gasteiger charge is 2.55. The zero-order valence-electron chi connectivity index (χ0n) is 14.2. The van der Waals surface area contributed by atoms with Crippen molar-refractivity contribution in [2.24, 2.45) is 5.92 Å². The van der Waals surface area contributed by atoms with Gasteiger partial charge in [0.1, 0.15) is 12.1 Å². The number of amides is 4. The van der Waals surface area contributed by atoms with Crippen molar-refractivity contribution in [1.82, 2.24) is 20.4 Å². The molecule has 2 fully saturated rings. The summed E-state index contributed by atoms with van der Waals surface area (Å²) in [5, 5.41) is 12.4. The van der Waals surface area contributed by atoms with Gasteiger partial charge in [0.05, 0.1) is 17.1 Å². The first-order chi connectivity index (χ1) is 11.3. The number of aryl methyl sites for hydroxylation is 2. The number of carbonyl (C=O) groups excluding carboxylic acids is 3. The summed E-state index contributed by atoms with van der Waals surface area (Å²) in [4.78, 5) is 38.4. The van der Waals surface area contributed by atoms with Gasteiger partial charge in [0.15, 0.2) is 0 Å². The molecule has 1 aliphatic heterocycles. The van der Waals surface area contributed by atoms with Gasteiger partial charge in [-0.2, -0.15) is 5.10 Å². The van der Waals surface area contributed by atoms with Crippen LogP contribution in [0.3, 0.4) is 0 Å². The lowest BCUT2D eigenvalue weighted by Gasteiger charge is -2.36. The Balaban J connectivity index is 1.72. The lowest BCUT2D eigenvalue weighted by Crippen LogP contribution is -2.54. The van der Waals surface area contributed by atoms with Crippen molar-refractivity contribution in [3.8, 4) is 0 Å². The van der Waals surface area contributed by atoms with Crippen molar-refractivity contribution in [1.29, 1.82) is 0 Å². The number of hydrogen-bond acceptors (Lipinski definition) is 4. The third kappa shape index (κ3) is 2.55. The van der Waals surface area contributed by atoms with Crippen LogP contribution < -0.4 is 10.6 Å². The normalized spacial score (nSPS) is 26.8. The van der Waals surface area contributed by atoms with Crippen LogP contribution in [0, 0.1) is 19.8 Å². The van der Waals surface area contributed by atoms with Crippen molar-refractivity contribution in [2.45, 2.75) is 52.0 Å². The minimum absolute atomic E-state index is 0.0779. The van der Waals surface area contributed by atoms with E-state index in [0.29, 0.717) is 17.8 Å². The third-order valence-electron chi connectivity index (χ3n) is 5.20. The second kappa shape index (κ2) is 5.92. The smallest absolute Gasteiger partial charge is 0.323 e. The number of anilines is 1. The number of nitrogens with one attached hydrogen (secondary N) is 3. The molecular weight excluding hydrogens is 310 g/mol. The van der Waals surface area contributed by atoms with Crippen LogP contribution in [0.1, 0.15) is 44.0 Å². The van der Waals surface area contributed by atoms with Crippen LogP contribution in [-0.4, -0.2) is 45.0 Å². The minimum atomic E-state index is -0.836. The predicted molar refractivity (Wildman–Crippen MR) is 87.3 cm³/mol. The van der Waals surface area contributed by atoms with E-state index >= 15 is 0 Å². The number of aromatic nitrogens is 2. The lowest BCUT2D eigenvalue weighted by molar-refractivity contribution is -0.136. The molecule has 8 heteroatoms. The molecule has 0 aromatic carbocycles. The molecule has 1 saturated heterocycles. The van der Waals surface area contributed by atoms with E-state index in [1.165, 1.54) is 0 Å². The standard InChI is InChI=1S/C16H23N5O3/c1-9-6-4-5-7-16(9)14(23)21(15(24)18-16)8-12(22)17-13-10(2)19-20-11(13)3/h9H,4-8H2,1-3H3,(H,17,22)(H,18,24)(H,19,20). The maximum atomic E-state index is 12.8. The zero-order valence-corrected chi connectivity index (χ0v) is 14.2. The number of nitrogens with zero attached hydrogens (tertiary/aromatic N) is 2. The van der Waals surface area contributed by atoms with Crippen molar-refractivity contribution < 1.29 is 14.4 Å². The Morgan fingerprint density at radius 3 is 2.75 bits per heavy atom. The fourth-order valence-corrected chi connectivity index (χ4v) is 3.70. The first-order valence-electron chi connectivity index (χ1n) is 8.30. The summed E-state index contributed by atoms with van der Waals surface area (Å²) in [7, 11) is 0. The Kier molecular flexibility index (Phi) is 4.06. The number of hydrogen-bond donors (Lipinski definition) is 3. The second-order valence-electron chi connectivity index (χ2n) is 6.80. The first-order valence-corrected chi connectivity index (χ1v) is 8.30. The molecule has 3 N–H and O–H groups in total. The maximum Gasteiger partial charge on any atom is 0.325 e. The number of urea groups is 1. The number of imide groups is 1. The van der Waals surface area contributed by atoms with Crippen LogP contribution in [-0.2, 0) is 9.59 Å². The van der Waals surface area contributed by atoms with E-state index < -0.39 is 17.5 Å². The van der Waals surface area contributed by atoms with Gasteiger partial charge in [-0.15, -0.1) is 0 Å². The SMILES string of the molecule is Cc1n[nH]c(C)c1NC(=O)CN1C(=O)NC2(CCCCC2C)C1=O. The van der Waals surface area contributed by atoms with E-state index in [9.17, 15) is 14.4 Å². The quantitative estimate of drug-likeness (QED) is 0.728. The number of rotatable bonds is 3. The zero-order chi connectivity index (χ0) is 17.5. The summed E-state index contributed by atoms with van der Waals surface area (Å²) in [5.41, 5.74) is 1.15. The molecule has 2 heterocycles. The molecule has 1 aromatic heterocycles. The molecule has 0 radical (unpaired) electrons. The van der Waals surface area contributed by atoms with Crippen LogP contribution in [0.4, 0.5) is 10.5 Å². The Labute approximate surface area is 140 Å². The van der Waals surface area contributed by atoms with Gasteiger partial charge in [0, 0.05) is 0 Å². The first kappa shape index (κ1) is 16.5. The van der Waals surface area contributed by atoms with E-state index in [1.54, 1.807) is 13.8 Å². The van der Waals surface area contributed by atoms with Gasteiger partial charge in [0.2, 0.25) is 5.91 Å². The van der Waals surface area contributed by atoms with Crippen LogP contribution in [0.5, 0.6) is 0 Å². The van der Waals surface area contributed by atoms with Crippen molar-refractivity contribution in [3.05, 3.63) is 11.4 Å². The molecule has 3 rings (SSSR count). The Morgan fingerprint density at radius 2 is 2.12 bits per heavy atom. The van der Waals surface area contributed by atoms with Crippen molar-refractivity contribution >= 4 is 23.5 Å². The molecule has 1 spiro atoms. The minimum Gasteiger partial charge on any atom is -0.323 e. The van der Waals surface area contributed by atoms with Gasteiger partial charge in [-0.3, -0.25) is 19.6 Å². The van der Waals surface area contributed by atoms with E-state index in [-0.39, 0.29) is 18.4 Å². The molecule has 8 nitrogen and oxygen atoms in total. The fraction of sp³-hybridized carbons (Fsp3) is 0.625. The van der Waals surface area contributed by atoms with Crippen LogP contribution >= 0.6 is 0 Å². The average molecular weight is 333 g/mol. The number of H-pyrrole nitrogens is 1. The number of aromatic amines is 1. The van der Waals surface area contributed by atoms with Crippen LogP contribution in [0.25, 0.3) is 0 Å². The van der Waals surface area contributed by atoms with Crippen molar-refractivity contribution in [3.63, 3.8) is 0 Å². The largest absolute Gasteiger partial charge is 0.325 e. The van der Waals surface area contributed by atoms with Gasteiger partial charge in [0.25, 0.3) is 5.91 Å². The predicted octanol–water partition coefficient (Wildman–Crippen LogP) is 1.47. The Bertz CT molecular complexity index is 678. The Hall–Kier alpha value is -2.38. The summed E-state index contributed by atoms with van der Waals surface area (Å²) >= 11 is 0. The van der Waals surface area contributed by atoms with Gasteiger partial charge < -0.3 is 10.6 Å². The summed E-state index contributed by atoms with van der Waals surface area (Å²) < 4.78 is 0. The molecule has 1 saturated carbocycles. The van der Waals surface area contributed by atoms with Gasteiger partial charge in [-0.05, 0) is 32.6 Å². The molecule has 0 bridgehead atoms. The van der Waals surface area contributed by atoms with E-state index in [1.807, 2.05) is 6.92 Å². The molecular formula is C16H23N5O3. The summed E-state index contributed by atoms with van der Waals surface area (Å²) in [6, 6.07) is -0.482.